The molecule has 17 heavy (non-hydrogen) atoms. The number of hydrogen-bond acceptors (Lipinski definition) is 2. The van der Waals surface area contributed by atoms with Gasteiger partial charge in [0.05, 0.1) is 5.92 Å². The number of rotatable bonds is 5. The monoisotopic (exact) mass is 240 g/mol. The molecule has 2 unspecified atom stereocenters. The van der Waals surface area contributed by atoms with Gasteiger partial charge in [-0.25, -0.2) is 4.79 Å². The van der Waals surface area contributed by atoms with Gasteiger partial charge in [-0.15, -0.1) is 0 Å². The second-order valence-corrected chi connectivity index (χ2v) is 5.18. The summed E-state index contributed by atoms with van der Waals surface area (Å²) in [5.41, 5.74) is 0. The summed E-state index contributed by atoms with van der Waals surface area (Å²) in [7, 11) is 0. The zero-order valence-corrected chi connectivity index (χ0v) is 9.95. The molecule has 0 aromatic carbocycles. The highest BCUT2D eigenvalue weighted by molar-refractivity contribution is 5.75. The van der Waals surface area contributed by atoms with Crippen LogP contribution < -0.4 is 10.6 Å². The topological polar surface area (TPSA) is 78.4 Å². The van der Waals surface area contributed by atoms with Crippen LogP contribution in [-0.2, 0) is 4.79 Å². The van der Waals surface area contributed by atoms with Crippen LogP contribution in [0.5, 0.6) is 0 Å². The Bertz CT molecular complexity index is 302. The van der Waals surface area contributed by atoms with Gasteiger partial charge in [-0.05, 0) is 31.6 Å². The summed E-state index contributed by atoms with van der Waals surface area (Å²) in [4.78, 5) is 22.3. The number of hydrogen-bond donors (Lipinski definition) is 3. The first kappa shape index (κ1) is 12.2. The Balaban J connectivity index is 1.59. The maximum Gasteiger partial charge on any atom is 0.315 e. The third-order valence-electron chi connectivity index (χ3n) is 3.65. The predicted molar refractivity (Wildman–Crippen MR) is 62.6 cm³/mol. The molecule has 3 N–H and O–H groups in total. The highest BCUT2D eigenvalue weighted by atomic mass is 16.4. The van der Waals surface area contributed by atoms with E-state index in [1.54, 1.807) is 0 Å². The zero-order chi connectivity index (χ0) is 12.3. The highest BCUT2D eigenvalue weighted by Crippen LogP contribution is 2.31. The van der Waals surface area contributed by atoms with E-state index in [1.807, 2.05) is 0 Å². The summed E-state index contributed by atoms with van der Waals surface area (Å²) < 4.78 is 0. The molecule has 2 atom stereocenters. The number of nitrogens with one attached hydrogen (secondary N) is 2. The molecule has 0 saturated heterocycles. The van der Waals surface area contributed by atoms with Crippen LogP contribution in [-0.4, -0.2) is 29.7 Å². The van der Waals surface area contributed by atoms with Crippen molar-refractivity contribution in [2.45, 2.75) is 44.6 Å². The molecule has 2 aliphatic carbocycles. The first-order chi connectivity index (χ1) is 8.15. The maximum absolute atomic E-state index is 11.5. The molecule has 0 aliphatic heterocycles. The third-order valence-corrected chi connectivity index (χ3v) is 3.65. The fourth-order valence-corrected chi connectivity index (χ4v) is 2.37. The second-order valence-electron chi connectivity index (χ2n) is 5.18. The second kappa shape index (κ2) is 5.38. The van der Waals surface area contributed by atoms with E-state index in [0.717, 1.165) is 25.3 Å². The Kier molecular flexibility index (Phi) is 3.86. The van der Waals surface area contributed by atoms with E-state index in [9.17, 15) is 9.59 Å². The van der Waals surface area contributed by atoms with Crippen molar-refractivity contribution in [2.24, 2.45) is 11.8 Å². The molecule has 5 nitrogen and oxygen atoms in total. The van der Waals surface area contributed by atoms with Gasteiger partial charge in [0.2, 0.25) is 0 Å². The molecule has 0 bridgehead atoms. The number of carboxylic acid groups (broad SMARTS) is 1. The molecule has 5 heteroatoms. The van der Waals surface area contributed by atoms with Crippen LogP contribution in [0.1, 0.15) is 38.5 Å². The molecule has 0 aromatic rings. The quantitative estimate of drug-likeness (QED) is 0.678. The van der Waals surface area contributed by atoms with E-state index >= 15 is 0 Å². The lowest BCUT2D eigenvalue weighted by molar-refractivity contribution is -0.141. The van der Waals surface area contributed by atoms with Gasteiger partial charge in [-0.1, -0.05) is 12.8 Å². The lowest BCUT2D eigenvalue weighted by Crippen LogP contribution is -2.41. The molecule has 96 valence electrons. The van der Waals surface area contributed by atoms with Crippen LogP contribution in [0, 0.1) is 11.8 Å². The molecule has 2 fully saturated rings. The minimum atomic E-state index is -0.747. The summed E-state index contributed by atoms with van der Waals surface area (Å²) in [6.45, 7) is 0.728. The Morgan fingerprint density at radius 3 is 2.53 bits per heavy atom. The predicted octanol–water partition coefficient (Wildman–Crippen LogP) is 1.34. The summed E-state index contributed by atoms with van der Waals surface area (Å²) in [6, 6.07) is -0.126. The SMILES string of the molecule is O=C(NCCC1CC1)NC1CCC(C(=O)O)C1. The number of carbonyl (C=O) groups is 2. The number of urea groups is 1. The van der Waals surface area contributed by atoms with Crippen LogP contribution >= 0.6 is 0 Å². The van der Waals surface area contributed by atoms with E-state index in [-0.39, 0.29) is 18.0 Å². The van der Waals surface area contributed by atoms with Gasteiger partial charge in [0.15, 0.2) is 0 Å². The molecule has 0 radical (unpaired) electrons. The van der Waals surface area contributed by atoms with Crippen LogP contribution in [0.2, 0.25) is 0 Å². The van der Waals surface area contributed by atoms with E-state index in [0.29, 0.717) is 12.8 Å². The van der Waals surface area contributed by atoms with Crippen molar-refractivity contribution in [1.29, 1.82) is 0 Å². The third kappa shape index (κ3) is 3.91. The average molecular weight is 240 g/mol. The van der Waals surface area contributed by atoms with Gasteiger partial charge in [0.25, 0.3) is 0 Å². The highest BCUT2D eigenvalue weighted by Gasteiger charge is 2.30. The van der Waals surface area contributed by atoms with Crippen LogP contribution in [0.15, 0.2) is 0 Å². The van der Waals surface area contributed by atoms with E-state index in [2.05, 4.69) is 10.6 Å². The Labute approximate surface area is 101 Å². The molecule has 2 rings (SSSR count). The maximum atomic E-state index is 11.5. The van der Waals surface area contributed by atoms with Gasteiger partial charge in [-0.3, -0.25) is 4.79 Å². The van der Waals surface area contributed by atoms with Gasteiger partial charge in [0.1, 0.15) is 0 Å². The Hall–Kier alpha value is -1.26. The van der Waals surface area contributed by atoms with Gasteiger partial charge in [0, 0.05) is 12.6 Å². The summed E-state index contributed by atoms with van der Waals surface area (Å²) in [6.07, 6.45) is 5.66. The van der Waals surface area contributed by atoms with Crippen molar-refractivity contribution in [2.75, 3.05) is 6.54 Å². The van der Waals surface area contributed by atoms with Gasteiger partial charge >= 0.3 is 12.0 Å². The zero-order valence-electron chi connectivity index (χ0n) is 9.95. The van der Waals surface area contributed by atoms with Crippen molar-refractivity contribution >= 4 is 12.0 Å². The average Bonchev–Trinajstić information content (AvgIpc) is 2.96. The van der Waals surface area contributed by atoms with E-state index in [4.69, 9.17) is 5.11 Å². The lowest BCUT2D eigenvalue weighted by atomic mass is 10.1. The van der Waals surface area contributed by atoms with Crippen LogP contribution in [0.3, 0.4) is 0 Å². The first-order valence-electron chi connectivity index (χ1n) is 6.42. The first-order valence-corrected chi connectivity index (χ1v) is 6.42. The van der Waals surface area contributed by atoms with Crippen LogP contribution in [0.25, 0.3) is 0 Å². The lowest BCUT2D eigenvalue weighted by Gasteiger charge is -2.13. The molecule has 0 aromatic heterocycles. The summed E-state index contributed by atoms with van der Waals surface area (Å²) >= 11 is 0. The smallest absolute Gasteiger partial charge is 0.315 e. The van der Waals surface area contributed by atoms with Gasteiger partial charge < -0.3 is 15.7 Å². The minimum absolute atomic E-state index is 0.0250. The van der Waals surface area contributed by atoms with Crippen molar-refractivity contribution in [1.82, 2.24) is 10.6 Å². The molecule has 2 saturated carbocycles. The van der Waals surface area contributed by atoms with E-state index in [1.165, 1.54) is 12.8 Å². The summed E-state index contributed by atoms with van der Waals surface area (Å²) in [5, 5.41) is 14.5. The van der Waals surface area contributed by atoms with Gasteiger partial charge in [-0.2, -0.15) is 0 Å². The van der Waals surface area contributed by atoms with Crippen molar-refractivity contribution < 1.29 is 14.7 Å². The number of aliphatic carboxylic acids is 1. The number of carbonyl (C=O) groups excluding carboxylic acids is 1. The Morgan fingerprint density at radius 2 is 1.94 bits per heavy atom. The van der Waals surface area contributed by atoms with Crippen LogP contribution in [0.4, 0.5) is 4.79 Å². The number of carboxylic acids is 1. The van der Waals surface area contributed by atoms with E-state index < -0.39 is 5.97 Å². The Morgan fingerprint density at radius 1 is 1.18 bits per heavy atom. The molecular formula is C12H20N2O3. The largest absolute Gasteiger partial charge is 0.481 e. The molecule has 2 aliphatic rings. The molecular weight excluding hydrogens is 220 g/mol. The fourth-order valence-electron chi connectivity index (χ4n) is 2.37. The molecule has 2 amide bonds. The molecule has 0 heterocycles. The summed E-state index contributed by atoms with van der Waals surface area (Å²) in [5.74, 6) is -0.214. The fraction of sp³-hybridized carbons (Fsp3) is 0.833. The molecule has 0 spiro atoms. The van der Waals surface area contributed by atoms with Crippen molar-refractivity contribution in [3.8, 4) is 0 Å². The standard InChI is InChI=1S/C12H20N2O3/c15-11(16)9-3-4-10(7-9)14-12(17)13-6-5-8-1-2-8/h8-10H,1-7H2,(H,15,16)(H2,13,14,17). The number of amides is 2. The minimum Gasteiger partial charge on any atom is -0.481 e. The van der Waals surface area contributed by atoms with Crippen molar-refractivity contribution in [3.63, 3.8) is 0 Å². The normalized spacial score (nSPS) is 27.8. The van der Waals surface area contributed by atoms with Crippen molar-refractivity contribution in [3.05, 3.63) is 0 Å².